The summed E-state index contributed by atoms with van der Waals surface area (Å²) < 4.78 is 0. The molecule has 3 heterocycles. The number of rotatable bonds is 4. The van der Waals surface area contributed by atoms with Crippen molar-refractivity contribution in [1.82, 2.24) is 15.1 Å². The van der Waals surface area contributed by atoms with Gasteiger partial charge in [0.25, 0.3) is 5.91 Å². The van der Waals surface area contributed by atoms with Gasteiger partial charge in [0.05, 0.1) is 0 Å². The molecule has 0 bridgehead atoms. The third-order valence-corrected chi connectivity index (χ3v) is 6.14. The smallest absolute Gasteiger partial charge is 0.255 e. The normalized spacial score (nSPS) is 28.6. The first-order valence-corrected chi connectivity index (χ1v) is 9.67. The molecule has 7 heteroatoms. The molecule has 3 unspecified atom stereocenters. The topological polar surface area (TPSA) is 95.7 Å². The lowest BCUT2D eigenvalue weighted by Crippen LogP contribution is -2.52. The summed E-state index contributed by atoms with van der Waals surface area (Å²) in [6.45, 7) is 4.99. The molecule has 3 aliphatic rings. The molecule has 7 nitrogen and oxygen atoms in total. The number of nitrogens with two attached hydrogens (primary N) is 1. The third-order valence-electron chi connectivity index (χ3n) is 6.14. The number of piperidine rings is 1. The Kier molecular flexibility index (Phi) is 4.74. The van der Waals surface area contributed by atoms with Crippen LogP contribution in [0.5, 0.6) is 0 Å². The molecular formula is C20H26N4O3. The van der Waals surface area contributed by atoms with Gasteiger partial charge in [-0.3, -0.25) is 24.6 Å². The summed E-state index contributed by atoms with van der Waals surface area (Å²) in [5.41, 5.74) is 8.54. The van der Waals surface area contributed by atoms with Gasteiger partial charge in [-0.25, -0.2) is 0 Å². The van der Waals surface area contributed by atoms with E-state index in [1.54, 1.807) is 4.90 Å². The summed E-state index contributed by atoms with van der Waals surface area (Å²) in [5, 5.41) is 2.35. The van der Waals surface area contributed by atoms with Crippen molar-refractivity contribution in [1.29, 1.82) is 0 Å². The molecule has 3 aliphatic heterocycles. The first kappa shape index (κ1) is 18.1. The maximum absolute atomic E-state index is 13.1. The molecule has 0 radical (unpaired) electrons. The molecule has 0 aromatic heterocycles. The van der Waals surface area contributed by atoms with Crippen molar-refractivity contribution in [3.05, 3.63) is 34.9 Å². The van der Waals surface area contributed by atoms with E-state index in [-0.39, 0.29) is 24.1 Å². The van der Waals surface area contributed by atoms with Gasteiger partial charge in [-0.05, 0) is 43.4 Å². The number of likely N-dealkylation sites (tertiary alicyclic amines) is 1. The van der Waals surface area contributed by atoms with E-state index >= 15 is 0 Å². The molecule has 3 amide bonds. The predicted molar refractivity (Wildman–Crippen MR) is 99.5 cm³/mol. The van der Waals surface area contributed by atoms with E-state index in [0.29, 0.717) is 31.5 Å². The lowest BCUT2D eigenvalue weighted by atomic mass is 10.0. The van der Waals surface area contributed by atoms with Gasteiger partial charge in [-0.2, -0.15) is 0 Å². The Morgan fingerprint density at radius 1 is 1.26 bits per heavy atom. The lowest BCUT2D eigenvalue weighted by molar-refractivity contribution is -0.136. The van der Waals surface area contributed by atoms with Crippen LogP contribution in [0, 0.1) is 5.92 Å². The molecule has 3 atom stereocenters. The van der Waals surface area contributed by atoms with Gasteiger partial charge in [0.2, 0.25) is 11.8 Å². The van der Waals surface area contributed by atoms with Crippen LogP contribution in [0.1, 0.15) is 47.7 Å². The van der Waals surface area contributed by atoms with Crippen LogP contribution in [0.15, 0.2) is 18.2 Å². The van der Waals surface area contributed by atoms with Crippen LogP contribution in [0.4, 0.5) is 0 Å². The van der Waals surface area contributed by atoms with Crippen LogP contribution in [0.3, 0.4) is 0 Å². The Morgan fingerprint density at radius 3 is 2.78 bits per heavy atom. The zero-order chi connectivity index (χ0) is 19.1. The predicted octanol–water partition coefficient (Wildman–Crippen LogP) is 0.617. The summed E-state index contributed by atoms with van der Waals surface area (Å²) in [6.07, 6.45) is 1.75. The van der Waals surface area contributed by atoms with Gasteiger partial charge in [-0.15, -0.1) is 0 Å². The first-order chi connectivity index (χ1) is 13.0. The van der Waals surface area contributed by atoms with Gasteiger partial charge in [0.1, 0.15) is 6.04 Å². The van der Waals surface area contributed by atoms with Crippen molar-refractivity contribution in [2.24, 2.45) is 11.7 Å². The maximum atomic E-state index is 13.1. The van der Waals surface area contributed by atoms with E-state index in [4.69, 9.17) is 5.73 Å². The van der Waals surface area contributed by atoms with Crippen LogP contribution >= 0.6 is 0 Å². The molecule has 1 aromatic carbocycles. The van der Waals surface area contributed by atoms with Crippen molar-refractivity contribution in [2.75, 3.05) is 13.1 Å². The number of imide groups is 1. The van der Waals surface area contributed by atoms with Crippen LogP contribution in [-0.2, 0) is 22.7 Å². The minimum absolute atomic E-state index is 0.0997. The molecule has 0 saturated carbocycles. The van der Waals surface area contributed by atoms with Gasteiger partial charge in [0.15, 0.2) is 0 Å². The van der Waals surface area contributed by atoms with Crippen LogP contribution in [0.25, 0.3) is 0 Å². The van der Waals surface area contributed by atoms with Crippen molar-refractivity contribution < 1.29 is 14.4 Å². The summed E-state index contributed by atoms with van der Waals surface area (Å²) in [5.74, 6) is -0.226. The van der Waals surface area contributed by atoms with E-state index in [1.807, 2.05) is 18.2 Å². The largest absolute Gasteiger partial charge is 0.330 e. The van der Waals surface area contributed by atoms with Gasteiger partial charge >= 0.3 is 0 Å². The second-order valence-electron chi connectivity index (χ2n) is 7.97. The van der Waals surface area contributed by atoms with Crippen molar-refractivity contribution in [3.63, 3.8) is 0 Å². The number of nitrogens with one attached hydrogen (secondary N) is 1. The number of hydrogen-bond donors (Lipinski definition) is 2. The average molecular weight is 370 g/mol. The Labute approximate surface area is 158 Å². The molecule has 3 N–H and O–H groups in total. The fraction of sp³-hybridized carbons (Fsp3) is 0.550. The molecule has 1 aromatic rings. The number of carbonyl (C=O) groups excluding carboxylic acids is 3. The number of carbonyl (C=O) groups is 3. The molecule has 144 valence electrons. The Morgan fingerprint density at radius 2 is 2.07 bits per heavy atom. The van der Waals surface area contributed by atoms with E-state index in [1.165, 1.54) is 0 Å². The lowest BCUT2D eigenvalue weighted by Gasteiger charge is -2.29. The van der Waals surface area contributed by atoms with Crippen molar-refractivity contribution in [2.45, 2.75) is 51.4 Å². The summed E-state index contributed by atoms with van der Waals surface area (Å²) in [4.78, 5) is 40.8. The molecule has 0 spiro atoms. The van der Waals surface area contributed by atoms with Crippen LogP contribution in [-0.4, -0.2) is 52.7 Å². The first-order valence-electron chi connectivity index (χ1n) is 9.67. The zero-order valence-corrected chi connectivity index (χ0v) is 15.6. The van der Waals surface area contributed by atoms with E-state index in [0.717, 1.165) is 36.2 Å². The van der Waals surface area contributed by atoms with Gasteiger partial charge in [-0.1, -0.05) is 18.2 Å². The average Bonchev–Trinajstić information content (AvgIpc) is 3.16. The number of hydrogen-bond acceptors (Lipinski definition) is 5. The SMILES string of the molecule is CC1CC(CN)CN1Cc1cccc2c1C(=O)N(C1CCC(=O)NC1=O)C2. The highest BCUT2D eigenvalue weighted by Gasteiger charge is 2.40. The number of amides is 3. The van der Waals surface area contributed by atoms with E-state index in [9.17, 15) is 14.4 Å². The Hall–Kier alpha value is -2.25. The van der Waals surface area contributed by atoms with Crippen LogP contribution < -0.4 is 11.1 Å². The number of nitrogens with zero attached hydrogens (tertiary/aromatic N) is 2. The van der Waals surface area contributed by atoms with Crippen molar-refractivity contribution in [3.8, 4) is 0 Å². The summed E-state index contributed by atoms with van der Waals surface area (Å²) in [7, 11) is 0. The maximum Gasteiger partial charge on any atom is 0.255 e. The van der Waals surface area contributed by atoms with Gasteiger partial charge < -0.3 is 10.6 Å². The monoisotopic (exact) mass is 370 g/mol. The van der Waals surface area contributed by atoms with Crippen LogP contribution in [0.2, 0.25) is 0 Å². The minimum atomic E-state index is -0.567. The second kappa shape index (κ2) is 7.05. The van der Waals surface area contributed by atoms with Gasteiger partial charge in [0, 0.05) is 37.7 Å². The van der Waals surface area contributed by atoms with Crippen molar-refractivity contribution >= 4 is 17.7 Å². The number of benzene rings is 1. The minimum Gasteiger partial charge on any atom is -0.330 e. The molecular weight excluding hydrogens is 344 g/mol. The second-order valence-corrected chi connectivity index (χ2v) is 7.97. The summed E-state index contributed by atoms with van der Waals surface area (Å²) >= 11 is 0. The highest BCUT2D eigenvalue weighted by molar-refractivity contribution is 6.05. The number of fused-ring (bicyclic) bond motifs is 1. The fourth-order valence-corrected chi connectivity index (χ4v) is 4.65. The Balaban J connectivity index is 1.55. The highest BCUT2D eigenvalue weighted by Crippen LogP contribution is 2.32. The van der Waals surface area contributed by atoms with E-state index in [2.05, 4.69) is 17.1 Å². The third kappa shape index (κ3) is 3.26. The molecule has 0 aliphatic carbocycles. The fourth-order valence-electron chi connectivity index (χ4n) is 4.65. The van der Waals surface area contributed by atoms with E-state index < -0.39 is 6.04 Å². The summed E-state index contributed by atoms with van der Waals surface area (Å²) in [6, 6.07) is 5.82. The molecule has 2 saturated heterocycles. The Bertz CT molecular complexity index is 793. The molecule has 27 heavy (non-hydrogen) atoms. The zero-order valence-electron chi connectivity index (χ0n) is 15.6. The standard InChI is InChI=1S/C20H26N4O3/c1-12-7-13(8-21)9-23(12)10-14-3-2-4-15-11-24(20(27)18(14)15)16-5-6-17(25)22-19(16)26/h2-4,12-13,16H,5-11,21H2,1H3,(H,22,25,26). The molecule has 2 fully saturated rings. The quantitative estimate of drug-likeness (QED) is 0.758. The molecule has 4 rings (SSSR count). The highest BCUT2D eigenvalue weighted by atomic mass is 16.2.